The number of rotatable bonds is 4. The summed E-state index contributed by atoms with van der Waals surface area (Å²) < 4.78 is 2.20. The van der Waals surface area contributed by atoms with Crippen LogP contribution < -0.4 is 0 Å². The van der Waals surface area contributed by atoms with Crippen molar-refractivity contribution in [3.05, 3.63) is 88.2 Å². The van der Waals surface area contributed by atoms with E-state index in [1.807, 2.05) is 42.6 Å². The molecule has 3 aromatic rings. The molecule has 0 bridgehead atoms. The Kier molecular flexibility index (Phi) is 4.63. The summed E-state index contributed by atoms with van der Waals surface area (Å²) >= 11 is 6.12. The van der Waals surface area contributed by atoms with Gasteiger partial charge in [0.2, 0.25) is 0 Å². The highest BCUT2D eigenvalue weighted by molar-refractivity contribution is 6.30. The normalized spacial score (nSPS) is 11.3. The van der Waals surface area contributed by atoms with Gasteiger partial charge in [0, 0.05) is 33.9 Å². The van der Waals surface area contributed by atoms with Crippen molar-refractivity contribution in [2.75, 3.05) is 0 Å². The smallest absolute Gasteiger partial charge is 0.0639 e. The number of hydrogen-bond acceptors (Lipinski definition) is 1. The SMILES string of the molecule is Cc1cc(C=NCc2ccccc2)c(C)n1-c1cccc(Cl)c1. The molecular formula is C20H19ClN2. The van der Waals surface area contributed by atoms with Gasteiger partial charge in [-0.2, -0.15) is 0 Å². The molecule has 2 nitrogen and oxygen atoms in total. The molecule has 0 fully saturated rings. The Balaban J connectivity index is 1.86. The molecule has 0 spiro atoms. The van der Waals surface area contributed by atoms with E-state index in [1.54, 1.807) is 0 Å². The Bertz CT molecular complexity index is 832. The van der Waals surface area contributed by atoms with Crippen molar-refractivity contribution in [2.24, 2.45) is 4.99 Å². The standard InChI is InChI=1S/C20H19ClN2/c1-15-11-18(14-22-13-17-7-4-3-5-8-17)16(2)23(15)20-10-6-9-19(21)12-20/h3-12,14H,13H2,1-2H3. The van der Waals surface area contributed by atoms with Gasteiger partial charge in [-0.3, -0.25) is 4.99 Å². The molecule has 0 atom stereocenters. The minimum absolute atomic E-state index is 0.696. The molecule has 0 saturated carbocycles. The van der Waals surface area contributed by atoms with Crippen LogP contribution in [0.1, 0.15) is 22.5 Å². The van der Waals surface area contributed by atoms with Gasteiger partial charge in [0.1, 0.15) is 0 Å². The van der Waals surface area contributed by atoms with Crippen molar-refractivity contribution in [2.45, 2.75) is 20.4 Å². The highest BCUT2D eigenvalue weighted by Crippen LogP contribution is 2.22. The number of nitrogens with zero attached hydrogens (tertiary/aromatic N) is 2. The number of hydrogen-bond donors (Lipinski definition) is 0. The van der Waals surface area contributed by atoms with Crippen LogP contribution in [0, 0.1) is 13.8 Å². The number of benzene rings is 2. The van der Waals surface area contributed by atoms with Crippen LogP contribution in [0.3, 0.4) is 0 Å². The molecule has 3 heteroatoms. The fourth-order valence-electron chi connectivity index (χ4n) is 2.76. The van der Waals surface area contributed by atoms with Crippen molar-refractivity contribution in [1.82, 2.24) is 4.57 Å². The van der Waals surface area contributed by atoms with Gasteiger partial charge in [-0.15, -0.1) is 0 Å². The van der Waals surface area contributed by atoms with Crippen molar-refractivity contribution in [3.8, 4) is 5.69 Å². The van der Waals surface area contributed by atoms with Gasteiger partial charge < -0.3 is 4.57 Å². The second kappa shape index (κ2) is 6.84. The highest BCUT2D eigenvalue weighted by atomic mass is 35.5. The molecule has 0 aliphatic heterocycles. The lowest BCUT2D eigenvalue weighted by molar-refractivity contribution is 0.964. The average Bonchev–Trinajstić information content (AvgIpc) is 2.82. The van der Waals surface area contributed by atoms with E-state index >= 15 is 0 Å². The maximum Gasteiger partial charge on any atom is 0.0639 e. The predicted molar refractivity (Wildman–Crippen MR) is 98.0 cm³/mol. The Morgan fingerprint density at radius 3 is 2.52 bits per heavy atom. The monoisotopic (exact) mass is 322 g/mol. The van der Waals surface area contributed by atoms with E-state index in [4.69, 9.17) is 11.6 Å². The first-order chi connectivity index (χ1) is 11.1. The molecule has 1 heterocycles. The summed E-state index contributed by atoms with van der Waals surface area (Å²) in [5.41, 5.74) is 5.77. The zero-order chi connectivity index (χ0) is 16.2. The van der Waals surface area contributed by atoms with E-state index in [0.717, 1.165) is 16.3 Å². The largest absolute Gasteiger partial charge is 0.318 e. The third kappa shape index (κ3) is 3.54. The first-order valence-corrected chi connectivity index (χ1v) is 8.01. The summed E-state index contributed by atoms with van der Waals surface area (Å²) in [7, 11) is 0. The van der Waals surface area contributed by atoms with Crippen LogP contribution >= 0.6 is 11.6 Å². The summed E-state index contributed by atoms with van der Waals surface area (Å²) in [5, 5.41) is 0.745. The van der Waals surface area contributed by atoms with Gasteiger partial charge in [-0.1, -0.05) is 48.0 Å². The summed E-state index contributed by atoms with van der Waals surface area (Å²) in [5.74, 6) is 0. The van der Waals surface area contributed by atoms with Crippen molar-refractivity contribution < 1.29 is 0 Å². The molecule has 0 N–H and O–H groups in total. The third-order valence-electron chi connectivity index (χ3n) is 3.88. The Hall–Kier alpha value is -2.32. The minimum Gasteiger partial charge on any atom is -0.318 e. The summed E-state index contributed by atoms with van der Waals surface area (Å²) in [6.07, 6.45) is 1.95. The molecule has 0 saturated heterocycles. The zero-order valence-electron chi connectivity index (χ0n) is 13.3. The molecule has 2 aromatic carbocycles. The quantitative estimate of drug-likeness (QED) is 0.575. The maximum absolute atomic E-state index is 6.12. The van der Waals surface area contributed by atoms with Crippen molar-refractivity contribution in [3.63, 3.8) is 0 Å². The third-order valence-corrected chi connectivity index (χ3v) is 4.12. The second-order valence-electron chi connectivity index (χ2n) is 5.60. The Morgan fingerprint density at radius 1 is 1.00 bits per heavy atom. The summed E-state index contributed by atoms with van der Waals surface area (Å²) in [4.78, 5) is 4.57. The number of halogens is 1. The van der Waals surface area contributed by atoms with Crippen LogP contribution in [0.5, 0.6) is 0 Å². The lowest BCUT2D eigenvalue weighted by atomic mass is 10.2. The fourth-order valence-corrected chi connectivity index (χ4v) is 2.95. The van der Waals surface area contributed by atoms with Crippen LogP contribution in [0.25, 0.3) is 5.69 Å². The van der Waals surface area contributed by atoms with E-state index < -0.39 is 0 Å². The van der Waals surface area contributed by atoms with Gasteiger partial charge in [-0.25, -0.2) is 0 Å². The molecular weight excluding hydrogens is 304 g/mol. The first kappa shape index (κ1) is 15.6. The van der Waals surface area contributed by atoms with Gasteiger partial charge >= 0.3 is 0 Å². The Labute approximate surface area is 142 Å². The molecule has 0 radical (unpaired) electrons. The van der Waals surface area contributed by atoms with E-state index in [2.05, 4.69) is 47.7 Å². The average molecular weight is 323 g/mol. The second-order valence-corrected chi connectivity index (χ2v) is 6.03. The van der Waals surface area contributed by atoms with Crippen molar-refractivity contribution >= 4 is 17.8 Å². The van der Waals surface area contributed by atoms with Gasteiger partial charge in [0.05, 0.1) is 6.54 Å². The van der Waals surface area contributed by atoms with Crippen LogP contribution in [0.4, 0.5) is 0 Å². The fraction of sp³-hybridized carbons (Fsp3) is 0.150. The van der Waals surface area contributed by atoms with Crippen LogP contribution in [-0.2, 0) is 6.54 Å². The summed E-state index contributed by atoms with van der Waals surface area (Å²) in [6.45, 7) is 4.90. The van der Waals surface area contributed by atoms with Gasteiger partial charge in [0.15, 0.2) is 0 Å². The highest BCUT2D eigenvalue weighted by Gasteiger charge is 2.09. The first-order valence-electron chi connectivity index (χ1n) is 7.64. The topological polar surface area (TPSA) is 17.3 Å². The lowest BCUT2D eigenvalue weighted by Gasteiger charge is -2.09. The van der Waals surface area contributed by atoms with E-state index in [0.29, 0.717) is 6.54 Å². The van der Waals surface area contributed by atoms with Gasteiger partial charge in [0.25, 0.3) is 0 Å². The number of aliphatic imine (C=N–C) groups is 1. The van der Waals surface area contributed by atoms with Crippen LogP contribution in [0.2, 0.25) is 5.02 Å². The predicted octanol–water partition coefficient (Wildman–Crippen LogP) is 5.37. The lowest BCUT2D eigenvalue weighted by Crippen LogP contribution is -1.99. The zero-order valence-corrected chi connectivity index (χ0v) is 14.1. The molecule has 116 valence electrons. The van der Waals surface area contributed by atoms with Gasteiger partial charge in [-0.05, 0) is 43.7 Å². The molecule has 23 heavy (non-hydrogen) atoms. The molecule has 0 aliphatic carbocycles. The van der Waals surface area contributed by atoms with E-state index in [-0.39, 0.29) is 0 Å². The van der Waals surface area contributed by atoms with E-state index in [9.17, 15) is 0 Å². The molecule has 0 aliphatic rings. The van der Waals surface area contributed by atoms with Crippen molar-refractivity contribution in [1.29, 1.82) is 0 Å². The van der Waals surface area contributed by atoms with E-state index in [1.165, 1.54) is 17.0 Å². The number of aryl methyl sites for hydroxylation is 1. The van der Waals surface area contributed by atoms with Crippen LogP contribution in [0.15, 0.2) is 65.7 Å². The summed E-state index contributed by atoms with van der Waals surface area (Å²) in [6, 6.07) is 20.3. The number of aromatic nitrogens is 1. The molecule has 0 unspecified atom stereocenters. The minimum atomic E-state index is 0.696. The Morgan fingerprint density at radius 2 is 1.78 bits per heavy atom. The molecule has 1 aromatic heterocycles. The molecule has 0 amide bonds. The van der Waals surface area contributed by atoms with Crippen LogP contribution in [-0.4, -0.2) is 10.8 Å². The maximum atomic E-state index is 6.12. The molecule has 3 rings (SSSR count).